The summed E-state index contributed by atoms with van der Waals surface area (Å²) in [5.41, 5.74) is 4.07. The minimum Gasteiger partial charge on any atom is -0.481 e. The third-order valence-electron chi connectivity index (χ3n) is 6.08. The van der Waals surface area contributed by atoms with E-state index in [9.17, 15) is 9.90 Å². The van der Waals surface area contributed by atoms with E-state index >= 15 is 0 Å². The third kappa shape index (κ3) is 5.97. The van der Waals surface area contributed by atoms with E-state index in [0.29, 0.717) is 47.7 Å². The van der Waals surface area contributed by atoms with E-state index in [1.165, 1.54) is 11.8 Å². The molecule has 1 fully saturated rings. The predicted molar refractivity (Wildman–Crippen MR) is 140 cm³/mol. The third-order valence-corrected chi connectivity index (χ3v) is 7.91. The molecule has 1 N–H and O–H groups in total. The van der Waals surface area contributed by atoms with Gasteiger partial charge in [0.05, 0.1) is 19.8 Å². The molecule has 1 aromatic heterocycles. The number of likely N-dealkylation sites (tertiary alicyclic amines) is 1. The van der Waals surface area contributed by atoms with Crippen LogP contribution < -0.4 is 9.47 Å². The van der Waals surface area contributed by atoms with Crippen molar-refractivity contribution in [2.75, 3.05) is 20.8 Å². The average molecular weight is 558 g/mol. The van der Waals surface area contributed by atoms with Gasteiger partial charge in [0, 0.05) is 16.8 Å². The van der Waals surface area contributed by atoms with Crippen molar-refractivity contribution in [3.63, 3.8) is 0 Å². The SMILES string of the molecule is COc1nc(SCc2cccc(-c3ccccc3)c2Br)nc(OC)c1CN1CCCCC1C(=O)O. The molecule has 1 aliphatic rings. The van der Waals surface area contributed by atoms with Crippen LogP contribution in [0.1, 0.15) is 30.4 Å². The molecule has 2 heterocycles. The molecule has 1 atom stereocenters. The molecule has 3 aromatic rings. The lowest BCUT2D eigenvalue weighted by atomic mass is 10.0. The molecule has 0 saturated carbocycles. The van der Waals surface area contributed by atoms with Crippen molar-refractivity contribution in [2.24, 2.45) is 0 Å². The summed E-state index contributed by atoms with van der Waals surface area (Å²) in [5.74, 6) is 0.663. The highest BCUT2D eigenvalue weighted by atomic mass is 79.9. The van der Waals surface area contributed by atoms with Crippen LogP contribution >= 0.6 is 27.7 Å². The zero-order valence-electron chi connectivity index (χ0n) is 19.7. The Labute approximate surface area is 218 Å². The highest BCUT2D eigenvalue weighted by Gasteiger charge is 2.30. The molecule has 7 nitrogen and oxygen atoms in total. The number of carboxylic acids is 1. The Hall–Kier alpha value is -2.62. The largest absolute Gasteiger partial charge is 0.481 e. The summed E-state index contributed by atoms with van der Waals surface area (Å²) < 4.78 is 12.2. The van der Waals surface area contributed by atoms with Crippen LogP contribution in [0.5, 0.6) is 11.8 Å². The number of aromatic nitrogens is 2. The number of rotatable bonds is 9. The number of halogens is 1. The van der Waals surface area contributed by atoms with Crippen LogP contribution in [0.4, 0.5) is 0 Å². The van der Waals surface area contributed by atoms with Gasteiger partial charge in [-0.05, 0) is 52.0 Å². The number of hydrogen-bond acceptors (Lipinski definition) is 7. The molecule has 184 valence electrons. The number of benzene rings is 2. The lowest BCUT2D eigenvalue weighted by molar-refractivity contribution is -0.144. The summed E-state index contributed by atoms with van der Waals surface area (Å²) in [4.78, 5) is 22.9. The Bertz CT molecular complexity index is 1150. The van der Waals surface area contributed by atoms with Crippen LogP contribution in [0.15, 0.2) is 58.2 Å². The zero-order valence-corrected chi connectivity index (χ0v) is 22.1. The highest BCUT2D eigenvalue weighted by Crippen LogP contribution is 2.36. The first kappa shape index (κ1) is 25.5. The first-order chi connectivity index (χ1) is 17.0. The molecule has 35 heavy (non-hydrogen) atoms. The number of hydrogen-bond donors (Lipinski definition) is 1. The Balaban J connectivity index is 1.55. The number of methoxy groups -OCH3 is 2. The minimum atomic E-state index is -0.806. The van der Waals surface area contributed by atoms with E-state index in [2.05, 4.69) is 50.2 Å². The van der Waals surface area contributed by atoms with E-state index in [1.54, 1.807) is 14.2 Å². The fraction of sp³-hybridized carbons (Fsp3) is 0.346. The van der Waals surface area contributed by atoms with Gasteiger partial charge in [-0.25, -0.2) is 0 Å². The van der Waals surface area contributed by atoms with Gasteiger partial charge in [-0.15, -0.1) is 0 Å². The molecule has 1 aliphatic heterocycles. The first-order valence-electron chi connectivity index (χ1n) is 11.4. The first-order valence-corrected chi connectivity index (χ1v) is 13.2. The van der Waals surface area contributed by atoms with E-state index < -0.39 is 12.0 Å². The predicted octanol–water partition coefficient (Wildman–Crippen LogP) is 5.65. The molecule has 0 spiro atoms. The van der Waals surface area contributed by atoms with Crippen LogP contribution in [0.2, 0.25) is 0 Å². The second-order valence-electron chi connectivity index (χ2n) is 8.26. The topological polar surface area (TPSA) is 84.8 Å². The standard InChI is InChI=1S/C26H28BrN3O4S/c1-33-23-20(15-30-14-7-6-13-21(30)25(31)32)24(34-2)29-26(28-23)35-16-18-11-8-12-19(22(18)27)17-9-4-3-5-10-17/h3-5,8-12,21H,6-7,13-16H2,1-2H3,(H,31,32). The van der Waals surface area contributed by atoms with Crippen molar-refractivity contribution in [3.8, 4) is 22.9 Å². The summed E-state index contributed by atoms with van der Waals surface area (Å²) in [5, 5.41) is 10.2. The molecule has 0 radical (unpaired) electrons. The molecule has 1 unspecified atom stereocenters. The lowest BCUT2D eigenvalue weighted by Gasteiger charge is -2.33. The summed E-state index contributed by atoms with van der Waals surface area (Å²) in [7, 11) is 3.12. The number of carbonyl (C=O) groups is 1. The Morgan fingerprint density at radius 3 is 2.46 bits per heavy atom. The van der Waals surface area contributed by atoms with Crippen LogP contribution in [0.3, 0.4) is 0 Å². The minimum absolute atomic E-state index is 0.360. The maximum atomic E-state index is 11.7. The molecule has 2 aromatic carbocycles. The Morgan fingerprint density at radius 2 is 1.80 bits per heavy atom. The van der Waals surface area contributed by atoms with Gasteiger partial charge in [0.15, 0.2) is 5.16 Å². The smallest absolute Gasteiger partial charge is 0.320 e. The number of carboxylic acid groups (broad SMARTS) is 1. The molecule has 0 aliphatic carbocycles. The highest BCUT2D eigenvalue weighted by molar-refractivity contribution is 9.10. The Morgan fingerprint density at radius 1 is 1.09 bits per heavy atom. The van der Waals surface area contributed by atoms with Gasteiger partial charge in [-0.1, -0.05) is 66.7 Å². The number of nitrogens with zero attached hydrogens (tertiary/aromatic N) is 3. The maximum Gasteiger partial charge on any atom is 0.320 e. The second kappa shape index (κ2) is 11.9. The summed E-state index contributed by atoms with van der Waals surface area (Å²) in [6.07, 6.45) is 2.50. The average Bonchev–Trinajstić information content (AvgIpc) is 2.89. The monoisotopic (exact) mass is 557 g/mol. The van der Waals surface area contributed by atoms with Crippen LogP contribution in [-0.2, 0) is 17.1 Å². The number of piperidine rings is 1. The maximum absolute atomic E-state index is 11.7. The summed E-state index contributed by atoms with van der Waals surface area (Å²) in [6.45, 7) is 1.06. The molecular formula is C26H28BrN3O4S. The van der Waals surface area contributed by atoms with Gasteiger partial charge in [0.1, 0.15) is 6.04 Å². The van der Waals surface area contributed by atoms with Crippen molar-refractivity contribution in [3.05, 3.63) is 64.1 Å². The van der Waals surface area contributed by atoms with Gasteiger partial charge in [-0.3, -0.25) is 9.69 Å². The summed E-state index contributed by atoms with van der Waals surface area (Å²) >= 11 is 5.27. The van der Waals surface area contributed by atoms with Gasteiger partial charge in [-0.2, -0.15) is 9.97 Å². The van der Waals surface area contributed by atoms with Crippen molar-refractivity contribution in [1.82, 2.24) is 14.9 Å². The second-order valence-corrected chi connectivity index (χ2v) is 9.99. The van der Waals surface area contributed by atoms with Crippen molar-refractivity contribution in [1.29, 1.82) is 0 Å². The van der Waals surface area contributed by atoms with Crippen molar-refractivity contribution < 1.29 is 19.4 Å². The fourth-order valence-corrected chi connectivity index (χ4v) is 5.94. The Kier molecular flexibility index (Phi) is 8.64. The van der Waals surface area contributed by atoms with E-state index in [4.69, 9.17) is 9.47 Å². The van der Waals surface area contributed by atoms with Gasteiger partial charge in [0.25, 0.3) is 0 Å². The number of thioether (sulfide) groups is 1. The quantitative estimate of drug-likeness (QED) is 0.266. The van der Waals surface area contributed by atoms with Crippen molar-refractivity contribution in [2.45, 2.75) is 42.8 Å². The normalized spacial score (nSPS) is 16.1. The molecule has 0 bridgehead atoms. The lowest BCUT2D eigenvalue weighted by Crippen LogP contribution is -2.44. The van der Waals surface area contributed by atoms with Crippen LogP contribution in [0.25, 0.3) is 11.1 Å². The van der Waals surface area contributed by atoms with Gasteiger partial charge in [0.2, 0.25) is 11.8 Å². The molecule has 9 heteroatoms. The van der Waals surface area contributed by atoms with Gasteiger partial charge >= 0.3 is 5.97 Å². The van der Waals surface area contributed by atoms with E-state index in [-0.39, 0.29) is 0 Å². The van der Waals surface area contributed by atoms with E-state index in [1.807, 2.05) is 29.2 Å². The van der Waals surface area contributed by atoms with Gasteiger partial charge < -0.3 is 14.6 Å². The van der Waals surface area contributed by atoms with E-state index in [0.717, 1.165) is 34.0 Å². The number of ether oxygens (including phenoxy) is 2. The molecule has 4 rings (SSSR count). The number of aliphatic carboxylic acids is 1. The van der Waals surface area contributed by atoms with Crippen LogP contribution in [-0.4, -0.2) is 52.7 Å². The fourth-order valence-electron chi connectivity index (χ4n) is 4.30. The zero-order chi connectivity index (χ0) is 24.8. The molecular weight excluding hydrogens is 530 g/mol. The summed E-state index contributed by atoms with van der Waals surface area (Å²) in [6, 6.07) is 15.9. The van der Waals surface area contributed by atoms with Crippen molar-refractivity contribution >= 4 is 33.7 Å². The van der Waals surface area contributed by atoms with Crippen LogP contribution in [0, 0.1) is 0 Å². The molecule has 0 amide bonds. The molecule has 1 saturated heterocycles.